The number of esters is 1. The van der Waals surface area contributed by atoms with Crippen LogP contribution in [-0.2, 0) is 14.3 Å². The molecule has 0 aliphatic heterocycles. The predicted molar refractivity (Wildman–Crippen MR) is 94.9 cm³/mol. The molecule has 5 heteroatoms. The highest BCUT2D eigenvalue weighted by molar-refractivity contribution is 5.75. The van der Waals surface area contributed by atoms with Gasteiger partial charge in [-0.1, -0.05) is 77.6 Å². The fraction of sp³-hybridized carbons (Fsp3) is 0.895. The van der Waals surface area contributed by atoms with Gasteiger partial charge in [-0.15, -0.1) is 0 Å². The number of aliphatic hydroxyl groups excluding tert-OH is 1. The Hall–Kier alpha value is -1.10. The number of hydrogen-bond donors (Lipinski definition) is 2. The zero-order chi connectivity index (χ0) is 18.0. The van der Waals surface area contributed by atoms with Crippen molar-refractivity contribution in [3.63, 3.8) is 0 Å². The van der Waals surface area contributed by atoms with E-state index in [-0.39, 0.29) is 12.8 Å². The summed E-state index contributed by atoms with van der Waals surface area (Å²) in [7, 11) is 0. The van der Waals surface area contributed by atoms with Gasteiger partial charge in [0.25, 0.3) is 0 Å². The van der Waals surface area contributed by atoms with Crippen LogP contribution in [0, 0.1) is 0 Å². The summed E-state index contributed by atoms with van der Waals surface area (Å²) in [4.78, 5) is 21.7. The second kappa shape index (κ2) is 16.7. The van der Waals surface area contributed by atoms with Gasteiger partial charge < -0.3 is 14.9 Å². The van der Waals surface area contributed by atoms with Gasteiger partial charge >= 0.3 is 11.9 Å². The molecule has 0 fully saturated rings. The molecular formula is C19H36O5. The monoisotopic (exact) mass is 344 g/mol. The van der Waals surface area contributed by atoms with Crippen LogP contribution in [0.2, 0.25) is 0 Å². The van der Waals surface area contributed by atoms with Crippen molar-refractivity contribution in [1.29, 1.82) is 0 Å². The normalized spacial score (nSPS) is 12.1. The Morgan fingerprint density at radius 2 is 1.29 bits per heavy atom. The number of rotatable bonds is 17. The molecule has 0 heterocycles. The minimum atomic E-state index is -1.32. The maximum atomic E-state index is 11.4. The topological polar surface area (TPSA) is 83.8 Å². The highest BCUT2D eigenvalue weighted by Crippen LogP contribution is 2.12. The van der Waals surface area contributed by atoms with Crippen molar-refractivity contribution in [3.8, 4) is 0 Å². The number of carboxylic acids is 1. The fourth-order valence-corrected chi connectivity index (χ4v) is 2.59. The molecule has 0 radical (unpaired) electrons. The van der Waals surface area contributed by atoms with E-state index in [1.165, 1.54) is 57.8 Å². The predicted octanol–water partition coefficient (Wildman–Crippen LogP) is 4.46. The van der Waals surface area contributed by atoms with Crippen molar-refractivity contribution >= 4 is 11.9 Å². The Kier molecular flexibility index (Phi) is 16.0. The third-order valence-corrected chi connectivity index (χ3v) is 4.15. The lowest BCUT2D eigenvalue weighted by Gasteiger charge is -2.09. The van der Waals surface area contributed by atoms with Crippen LogP contribution < -0.4 is 0 Å². The molecule has 24 heavy (non-hydrogen) atoms. The molecule has 0 aromatic carbocycles. The molecule has 0 bridgehead atoms. The number of carbonyl (C=O) groups is 2. The Bertz CT molecular complexity index is 317. The molecular weight excluding hydrogens is 308 g/mol. The molecule has 2 N–H and O–H groups in total. The summed E-state index contributed by atoms with van der Waals surface area (Å²) in [6, 6.07) is 0. The third kappa shape index (κ3) is 15.8. The molecule has 5 nitrogen and oxygen atoms in total. The first-order chi connectivity index (χ1) is 11.6. The third-order valence-electron chi connectivity index (χ3n) is 4.15. The van der Waals surface area contributed by atoms with Gasteiger partial charge in [0, 0.05) is 6.42 Å². The highest BCUT2D eigenvalue weighted by Gasteiger charge is 2.17. The summed E-state index contributed by atoms with van der Waals surface area (Å²) in [5, 5.41) is 17.9. The van der Waals surface area contributed by atoms with E-state index in [1.54, 1.807) is 0 Å². The summed E-state index contributed by atoms with van der Waals surface area (Å²) >= 11 is 0. The number of aliphatic hydroxyl groups is 1. The average molecular weight is 344 g/mol. The quantitative estimate of drug-likeness (QED) is 0.301. The summed E-state index contributed by atoms with van der Waals surface area (Å²) in [6.07, 6.45) is 13.3. The van der Waals surface area contributed by atoms with Gasteiger partial charge in [-0.25, -0.2) is 4.79 Å². The van der Waals surface area contributed by atoms with E-state index in [4.69, 9.17) is 9.84 Å². The molecule has 0 aromatic rings. The van der Waals surface area contributed by atoms with Gasteiger partial charge in [-0.3, -0.25) is 4.79 Å². The summed E-state index contributed by atoms with van der Waals surface area (Å²) < 4.78 is 4.95. The number of unbranched alkanes of at least 4 members (excludes halogenated alkanes) is 11. The number of carbonyl (C=O) groups excluding carboxylic acids is 1. The zero-order valence-corrected chi connectivity index (χ0v) is 15.3. The van der Waals surface area contributed by atoms with Crippen LogP contribution >= 0.6 is 0 Å². The van der Waals surface area contributed by atoms with Crippen LogP contribution in [0.5, 0.6) is 0 Å². The molecule has 0 aliphatic rings. The second-order valence-electron chi connectivity index (χ2n) is 6.50. The smallest absolute Gasteiger partial charge is 0.334 e. The molecule has 0 saturated carbocycles. The van der Waals surface area contributed by atoms with Crippen LogP contribution in [-0.4, -0.2) is 34.9 Å². The van der Waals surface area contributed by atoms with Crippen molar-refractivity contribution in [2.45, 2.75) is 103 Å². The summed E-state index contributed by atoms with van der Waals surface area (Å²) in [5.41, 5.74) is 0. The van der Waals surface area contributed by atoms with E-state index in [0.29, 0.717) is 6.61 Å². The van der Waals surface area contributed by atoms with E-state index < -0.39 is 18.0 Å². The van der Waals surface area contributed by atoms with Crippen molar-refractivity contribution in [2.24, 2.45) is 0 Å². The minimum absolute atomic E-state index is 0.0907. The first-order valence-corrected chi connectivity index (χ1v) is 9.64. The van der Waals surface area contributed by atoms with Crippen molar-refractivity contribution in [1.82, 2.24) is 0 Å². The minimum Gasteiger partial charge on any atom is -0.481 e. The molecule has 142 valence electrons. The van der Waals surface area contributed by atoms with Crippen molar-refractivity contribution in [3.05, 3.63) is 0 Å². The molecule has 0 saturated heterocycles. The van der Waals surface area contributed by atoms with Crippen LogP contribution in [0.1, 0.15) is 96.8 Å². The lowest BCUT2D eigenvalue weighted by Crippen LogP contribution is -2.24. The summed E-state index contributed by atoms with van der Waals surface area (Å²) in [6.45, 7) is 2.54. The number of ether oxygens (including phenoxy) is 1. The van der Waals surface area contributed by atoms with Crippen LogP contribution in [0.4, 0.5) is 0 Å². The number of carboxylic acid groups (broad SMARTS) is 1. The average Bonchev–Trinajstić information content (AvgIpc) is 2.56. The molecule has 1 atom stereocenters. The zero-order valence-electron chi connectivity index (χ0n) is 15.3. The SMILES string of the molecule is CCCCCCCCCCCCCCOC(=O)C(O)CCC(=O)O. The first kappa shape index (κ1) is 22.9. The molecule has 1 unspecified atom stereocenters. The maximum Gasteiger partial charge on any atom is 0.334 e. The van der Waals surface area contributed by atoms with Crippen molar-refractivity contribution < 1.29 is 24.5 Å². The molecule has 0 aromatic heterocycles. The Morgan fingerprint density at radius 1 is 0.833 bits per heavy atom. The lowest BCUT2D eigenvalue weighted by atomic mass is 10.1. The lowest BCUT2D eigenvalue weighted by molar-refractivity contribution is -0.154. The fourth-order valence-electron chi connectivity index (χ4n) is 2.59. The molecule has 0 amide bonds. The highest BCUT2D eigenvalue weighted by atomic mass is 16.5. The largest absolute Gasteiger partial charge is 0.481 e. The van der Waals surface area contributed by atoms with Gasteiger partial charge in [-0.05, 0) is 12.8 Å². The van der Waals surface area contributed by atoms with Gasteiger partial charge in [0.1, 0.15) is 0 Å². The van der Waals surface area contributed by atoms with Gasteiger partial charge in [0.05, 0.1) is 6.61 Å². The number of hydrogen-bond acceptors (Lipinski definition) is 4. The molecule has 0 rings (SSSR count). The van der Waals surface area contributed by atoms with E-state index in [9.17, 15) is 14.7 Å². The number of aliphatic carboxylic acids is 1. The van der Waals surface area contributed by atoms with E-state index in [2.05, 4.69) is 6.92 Å². The second-order valence-corrected chi connectivity index (χ2v) is 6.50. The van der Waals surface area contributed by atoms with Crippen molar-refractivity contribution in [2.75, 3.05) is 6.61 Å². The van der Waals surface area contributed by atoms with Gasteiger partial charge in [0.2, 0.25) is 0 Å². The van der Waals surface area contributed by atoms with E-state index in [0.717, 1.165) is 19.3 Å². The molecule has 0 aliphatic carbocycles. The van der Waals surface area contributed by atoms with Gasteiger partial charge in [0.15, 0.2) is 6.10 Å². The van der Waals surface area contributed by atoms with Crippen LogP contribution in [0.3, 0.4) is 0 Å². The standard InChI is InChI=1S/C19H36O5/c1-2-3-4-5-6-7-8-9-10-11-12-13-16-24-19(23)17(20)14-15-18(21)22/h17,20H,2-16H2,1H3,(H,21,22). The van der Waals surface area contributed by atoms with Crippen LogP contribution in [0.15, 0.2) is 0 Å². The Labute approximate surface area is 146 Å². The van der Waals surface area contributed by atoms with Crippen LogP contribution in [0.25, 0.3) is 0 Å². The van der Waals surface area contributed by atoms with Gasteiger partial charge in [-0.2, -0.15) is 0 Å². The van der Waals surface area contributed by atoms with E-state index in [1.807, 2.05) is 0 Å². The first-order valence-electron chi connectivity index (χ1n) is 9.64. The summed E-state index contributed by atoms with van der Waals surface area (Å²) in [5.74, 6) is -1.73. The molecule has 0 spiro atoms. The maximum absolute atomic E-state index is 11.4. The Morgan fingerprint density at radius 3 is 1.75 bits per heavy atom. The Balaban J connectivity index is 3.27. The van der Waals surface area contributed by atoms with E-state index >= 15 is 0 Å².